The molecule has 28 heavy (non-hydrogen) atoms. The van der Waals surface area contributed by atoms with E-state index in [2.05, 4.69) is 20.8 Å². The van der Waals surface area contributed by atoms with Gasteiger partial charge in [0, 0.05) is 0 Å². The lowest BCUT2D eigenvalue weighted by atomic mass is 10.1. The third kappa shape index (κ3) is 4.89. The molecule has 8 heteroatoms. The summed E-state index contributed by atoms with van der Waals surface area (Å²) >= 11 is 6.11. The summed E-state index contributed by atoms with van der Waals surface area (Å²) in [7, 11) is 3.11. The maximum atomic E-state index is 12.3. The van der Waals surface area contributed by atoms with Crippen LogP contribution in [0.5, 0.6) is 11.5 Å². The molecule has 0 aliphatic heterocycles. The molecule has 0 fully saturated rings. The first-order valence-electron chi connectivity index (χ1n) is 8.45. The molecule has 3 aromatic rings. The van der Waals surface area contributed by atoms with Gasteiger partial charge in [0.2, 0.25) is 5.91 Å². The third-order valence-electron chi connectivity index (χ3n) is 3.88. The third-order valence-corrected chi connectivity index (χ3v) is 4.21. The molecule has 2 aromatic carbocycles. The number of benzene rings is 2. The number of ether oxygens (including phenoxy) is 2. The van der Waals surface area contributed by atoms with Crippen LogP contribution in [0.25, 0.3) is 0 Å². The van der Waals surface area contributed by atoms with Crippen LogP contribution in [0.4, 0.5) is 17.3 Å². The van der Waals surface area contributed by atoms with E-state index < -0.39 is 0 Å². The van der Waals surface area contributed by atoms with Crippen LogP contribution < -0.4 is 20.1 Å². The lowest BCUT2D eigenvalue weighted by Gasteiger charge is -2.10. The zero-order chi connectivity index (χ0) is 19.9. The maximum absolute atomic E-state index is 12.3. The number of halogens is 1. The summed E-state index contributed by atoms with van der Waals surface area (Å²) in [6.07, 6.45) is 0.168. The molecule has 0 aliphatic carbocycles. The molecule has 0 spiro atoms. The van der Waals surface area contributed by atoms with Crippen LogP contribution in [-0.2, 0) is 11.2 Å². The molecule has 7 nitrogen and oxygen atoms in total. The molecule has 1 heterocycles. The van der Waals surface area contributed by atoms with Gasteiger partial charge < -0.3 is 20.1 Å². The summed E-state index contributed by atoms with van der Waals surface area (Å²) in [6, 6.07) is 16.0. The molecule has 1 amide bonds. The highest BCUT2D eigenvalue weighted by Crippen LogP contribution is 2.28. The summed E-state index contributed by atoms with van der Waals surface area (Å²) in [5.41, 5.74) is 1.52. The molecular formula is C20H19ClN4O3. The second kappa shape index (κ2) is 9.05. The van der Waals surface area contributed by atoms with Crippen molar-refractivity contribution in [3.8, 4) is 11.5 Å². The molecule has 3 rings (SSSR count). The van der Waals surface area contributed by atoms with Gasteiger partial charge in [-0.1, -0.05) is 29.8 Å². The van der Waals surface area contributed by atoms with Crippen LogP contribution in [0.1, 0.15) is 5.56 Å². The van der Waals surface area contributed by atoms with Crippen LogP contribution in [0.2, 0.25) is 5.02 Å². The van der Waals surface area contributed by atoms with Crippen molar-refractivity contribution >= 4 is 34.8 Å². The highest BCUT2D eigenvalue weighted by atomic mass is 35.5. The molecule has 0 saturated carbocycles. The van der Waals surface area contributed by atoms with Crippen molar-refractivity contribution in [3.05, 3.63) is 65.2 Å². The number of hydrogen-bond donors (Lipinski definition) is 2. The lowest BCUT2D eigenvalue weighted by Crippen LogP contribution is -2.15. The van der Waals surface area contributed by atoms with E-state index in [-0.39, 0.29) is 12.3 Å². The summed E-state index contributed by atoms with van der Waals surface area (Å²) in [4.78, 5) is 12.3. The van der Waals surface area contributed by atoms with Crippen LogP contribution in [0, 0.1) is 0 Å². The van der Waals surface area contributed by atoms with E-state index >= 15 is 0 Å². The highest BCUT2D eigenvalue weighted by Gasteiger charge is 2.10. The fraction of sp³-hybridized carbons (Fsp3) is 0.150. The molecule has 2 N–H and O–H groups in total. The fourth-order valence-electron chi connectivity index (χ4n) is 2.53. The number of carbonyl (C=O) groups excluding carboxylic acids is 1. The quantitative estimate of drug-likeness (QED) is 0.624. The van der Waals surface area contributed by atoms with Crippen molar-refractivity contribution < 1.29 is 14.3 Å². The van der Waals surface area contributed by atoms with E-state index in [1.54, 1.807) is 44.6 Å². The Morgan fingerprint density at radius 2 is 1.68 bits per heavy atom. The Morgan fingerprint density at radius 3 is 2.36 bits per heavy atom. The molecule has 0 unspecified atom stereocenters. The van der Waals surface area contributed by atoms with Crippen molar-refractivity contribution in [2.75, 3.05) is 24.9 Å². The Labute approximate surface area is 167 Å². The number of nitrogens with zero attached hydrogens (tertiary/aromatic N) is 2. The van der Waals surface area contributed by atoms with Crippen molar-refractivity contribution in [3.63, 3.8) is 0 Å². The average molecular weight is 399 g/mol. The number of hydrogen-bond acceptors (Lipinski definition) is 6. The van der Waals surface area contributed by atoms with Crippen molar-refractivity contribution in [2.24, 2.45) is 0 Å². The SMILES string of the molecule is COc1ccc(CC(=O)Nc2ccc(Nc3ccccc3Cl)nn2)cc1OC. The van der Waals surface area contributed by atoms with Gasteiger partial charge in [0.15, 0.2) is 23.1 Å². The minimum absolute atomic E-state index is 0.168. The maximum Gasteiger partial charge on any atom is 0.229 e. The zero-order valence-electron chi connectivity index (χ0n) is 15.4. The number of nitrogens with one attached hydrogen (secondary N) is 2. The Bertz CT molecular complexity index is 964. The molecular weight excluding hydrogens is 380 g/mol. The number of rotatable bonds is 7. The minimum Gasteiger partial charge on any atom is -0.493 e. The smallest absolute Gasteiger partial charge is 0.229 e. The van der Waals surface area contributed by atoms with E-state index in [1.165, 1.54) is 0 Å². The first-order chi connectivity index (χ1) is 13.6. The predicted molar refractivity (Wildman–Crippen MR) is 109 cm³/mol. The number of carbonyl (C=O) groups is 1. The number of anilines is 3. The van der Waals surface area contributed by atoms with Gasteiger partial charge in [-0.15, -0.1) is 10.2 Å². The van der Waals surface area contributed by atoms with Crippen LogP contribution in [0.15, 0.2) is 54.6 Å². The first kappa shape index (κ1) is 19.4. The molecule has 0 bridgehead atoms. The molecule has 0 radical (unpaired) electrons. The predicted octanol–water partition coefficient (Wildman–Crippen LogP) is 4.07. The van der Waals surface area contributed by atoms with Gasteiger partial charge in [0.1, 0.15) is 0 Å². The van der Waals surface area contributed by atoms with Gasteiger partial charge in [0.25, 0.3) is 0 Å². The molecule has 1 aromatic heterocycles. The lowest BCUT2D eigenvalue weighted by molar-refractivity contribution is -0.115. The van der Waals surface area contributed by atoms with Gasteiger partial charge in [-0.3, -0.25) is 4.79 Å². The Balaban J connectivity index is 1.61. The Hall–Kier alpha value is -3.32. The second-order valence-electron chi connectivity index (χ2n) is 5.82. The van der Waals surface area contributed by atoms with Crippen molar-refractivity contribution in [2.45, 2.75) is 6.42 Å². The van der Waals surface area contributed by atoms with E-state index in [0.29, 0.717) is 28.2 Å². The normalized spacial score (nSPS) is 10.2. The van der Waals surface area contributed by atoms with E-state index in [9.17, 15) is 4.79 Å². The highest BCUT2D eigenvalue weighted by molar-refractivity contribution is 6.33. The standard InChI is InChI=1S/C20H19ClN4O3/c1-27-16-8-7-13(11-17(16)28-2)12-20(26)23-19-10-9-18(24-25-19)22-15-6-4-3-5-14(15)21/h3-11H,12H2,1-2H3,(H,22,24)(H,23,25,26). The van der Waals surface area contributed by atoms with E-state index in [1.807, 2.05) is 24.3 Å². The number of para-hydroxylation sites is 1. The summed E-state index contributed by atoms with van der Waals surface area (Å²) in [5, 5.41) is 14.4. The summed E-state index contributed by atoms with van der Waals surface area (Å²) < 4.78 is 10.4. The summed E-state index contributed by atoms with van der Waals surface area (Å²) in [6.45, 7) is 0. The molecule has 0 atom stereocenters. The van der Waals surface area contributed by atoms with Crippen LogP contribution in [-0.4, -0.2) is 30.3 Å². The Morgan fingerprint density at radius 1 is 0.964 bits per heavy atom. The fourth-order valence-corrected chi connectivity index (χ4v) is 2.71. The number of methoxy groups -OCH3 is 2. The zero-order valence-corrected chi connectivity index (χ0v) is 16.2. The van der Waals surface area contributed by atoms with Gasteiger partial charge in [-0.05, 0) is 42.0 Å². The van der Waals surface area contributed by atoms with Crippen molar-refractivity contribution in [1.82, 2.24) is 10.2 Å². The van der Waals surface area contributed by atoms with E-state index in [0.717, 1.165) is 11.3 Å². The summed E-state index contributed by atoms with van der Waals surface area (Å²) in [5.74, 6) is 1.84. The largest absolute Gasteiger partial charge is 0.493 e. The van der Waals surface area contributed by atoms with Gasteiger partial charge in [0.05, 0.1) is 31.4 Å². The molecule has 0 aliphatic rings. The Kier molecular flexibility index (Phi) is 6.29. The average Bonchev–Trinajstić information content (AvgIpc) is 2.71. The monoisotopic (exact) mass is 398 g/mol. The van der Waals surface area contributed by atoms with Gasteiger partial charge >= 0.3 is 0 Å². The van der Waals surface area contributed by atoms with Crippen LogP contribution >= 0.6 is 11.6 Å². The number of amides is 1. The number of aromatic nitrogens is 2. The molecule has 144 valence electrons. The van der Waals surface area contributed by atoms with E-state index in [4.69, 9.17) is 21.1 Å². The first-order valence-corrected chi connectivity index (χ1v) is 8.83. The second-order valence-corrected chi connectivity index (χ2v) is 6.23. The van der Waals surface area contributed by atoms with Crippen molar-refractivity contribution in [1.29, 1.82) is 0 Å². The van der Waals surface area contributed by atoms with Gasteiger partial charge in [-0.2, -0.15) is 0 Å². The molecule has 0 saturated heterocycles. The van der Waals surface area contributed by atoms with Crippen LogP contribution in [0.3, 0.4) is 0 Å². The topological polar surface area (TPSA) is 85.4 Å². The van der Waals surface area contributed by atoms with Gasteiger partial charge in [-0.25, -0.2) is 0 Å². The minimum atomic E-state index is -0.215.